The number of anilines is 3. The number of ether oxygens (including phenoxy) is 1. The predicted octanol–water partition coefficient (Wildman–Crippen LogP) is 5.32. The quantitative estimate of drug-likeness (QED) is 0.475. The molecule has 0 bridgehead atoms. The molecule has 3 aromatic carbocycles. The van der Waals surface area contributed by atoms with Crippen molar-refractivity contribution in [2.45, 2.75) is 6.42 Å². The van der Waals surface area contributed by atoms with E-state index >= 15 is 0 Å². The van der Waals surface area contributed by atoms with Crippen LogP contribution in [0.25, 0.3) is 0 Å². The summed E-state index contributed by atoms with van der Waals surface area (Å²) in [5, 5.41) is 0. The highest BCUT2D eigenvalue weighted by molar-refractivity contribution is 5.63. The third-order valence-electron chi connectivity index (χ3n) is 5.93. The Morgan fingerprint density at radius 1 is 0.781 bits per heavy atom. The molecule has 32 heavy (non-hydrogen) atoms. The zero-order chi connectivity index (χ0) is 22.3. The molecule has 0 spiro atoms. The first-order valence-electron chi connectivity index (χ1n) is 11.0. The second-order valence-electron chi connectivity index (χ2n) is 7.96. The maximum atomic E-state index is 13.4. The van der Waals surface area contributed by atoms with Crippen molar-refractivity contribution in [3.63, 3.8) is 0 Å². The first kappa shape index (κ1) is 22.1. The maximum Gasteiger partial charge on any atom is 0.142 e. The summed E-state index contributed by atoms with van der Waals surface area (Å²) in [5.41, 5.74) is 2.95. The molecule has 0 amide bonds. The minimum atomic E-state index is -0.263. The van der Waals surface area contributed by atoms with E-state index in [2.05, 4.69) is 20.8 Å². The molecule has 1 aliphatic rings. The summed E-state index contributed by atoms with van der Waals surface area (Å²) in [5.74, 6) is 0.386. The van der Waals surface area contributed by atoms with E-state index < -0.39 is 0 Å². The fourth-order valence-electron chi connectivity index (χ4n) is 4.21. The second kappa shape index (κ2) is 10.5. The molecule has 4 nitrogen and oxygen atoms in total. The van der Waals surface area contributed by atoms with Crippen LogP contribution in [0.15, 0.2) is 72.8 Å². The maximum absolute atomic E-state index is 13.4. The third kappa shape index (κ3) is 5.37. The molecule has 0 N–H and O–H groups in total. The molecule has 1 fully saturated rings. The van der Waals surface area contributed by atoms with Gasteiger partial charge in [0, 0.05) is 44.1 Å². The molecule has 0 aliphatic carbocycles. The number of hydrogen-bond donors (Lipinski definition) is 0. The standard InChI is InChI=1S/C26H29F2N3O/c1-32-26-6-3-2-5-25(26)30-19-17-29(18-20-30)15-4-16-31(23-11-7-21(27)8-12-23)24-13-9-22(28)10-14-24/h2-3,5-14H,4,15-20H2,1H3. The predicted molar refractivity (Wildman–Crippen MR) is 126 cm³/mol. The number of nitrogens with zero attached hydrogens (tertiary/aromatic N) is 3. The lowest BCUT2D eigenvalue weighted by Gasteiger charge is -2.37. The normalized spacial score (nSPS) is 14.4. The molecule has 1 aliphatic heterocycles. The van der Waals surface area contributed by atoms with Crippen molar-refractivity contribution in [2.75, 3.05) is 56.2 Å². The fraction of sp³-hybridized carbons (Fsp3) is 0.308. The smallest absolute Gasteiger partial charge is 0.142 e. The first-order valence-corrected chi connectivity index (χ1v) is 11.0. The number of hydrogen-bond acceptors (Lipinski definition) is 4. The van der Waals surface area contributed by atoms with Crippen molar-refractivity contribution in [2.24, 2.45) is 0 Å². The number of benzene rings is 3. The lowest BCUT2D eigenvalue weighted by molar-refractivity contribution is 0.255. The van der Waals surface area contributed by atoms with E-state index in [1.54, 1.807) is 31.4 Å². The highest BCUT2D eigenvalue weighted by Crippen LogP contribution is 2.29. The zero-order valence-electron chi connectivity index (χ0n) is 18.4. The van der Waals surface area contributed by atoms with E-state index in [1.807, 2.05) is 18.2 Å². The third-order valence-corrected chi connectivity index (χ3v) is 5.93. The van der Waals surface area contributed by atoms with Crippen LogP contribution in [0.1, 0.15) is 6.42 Å². The Morgan fingerprint density at radius 3 is 1.91 bits per heavy atom. The van der Waals surface area contributed by atoms with Crippen LogP contribution in [0.3, 0.4) is 0 Å². The van der Waals surface area contributed by atoms with Gasteiger partial charge in [-0.15, -0.1) is 0 Å². The molecular weight excluding hydrogens is 408 g/mol. The topological polar surface area (TPSA) is 19.0 Å². The summed E-state index contributed by atoms with van der Waals surface area (Å²) in [6.45, 7) is 5.64. The molecule has 168 valence electrons. The Bertz CT molecular complexity index is 941. The molecule has 0 unspecified atom stereocenters. The van der Waals surface area contributed by atoms with E-state index in [4.69, 9.17) is 4.74 Å². The second-order valence-corrected chi connectivity index (χ2v) is 7.96. The van der Waals surface area contributed by atoms with E-state index in [-0.39, 0.29) is 11.6 Å². The van der Waals surface area contributed by atoms with Gasteiger partial charge in [-0.3, -0.25) is 4.90 Å². The summed E-state index contributed by atoms with van der Waals surface area (Å²) in [4.78, 5) is 6.96. The molecule has 6 heteroatoms. The van der Waals surface area contributed by atoms with Crippen LogP contribution in [-0.2, 0) is 0 Å². The highest BCUT2D eigenvalue weighted by Gasteiger charge is 2.19. The van der Waals surface area contributed by atoms with Gasteiger partial charge in [0.25, 0.3) is 0 Å². The number of halogens is 2. The van der Waals surface area contributed by atoms with Crippen LogP contribution in [0.5, 0.6) is 5.75 Å². The van der Waals surface area contributed by atoms with Gasteiger partial charge in [0.2, 0.25) is 0 Å². The Labute approximate surface area is 188 Å². The van der Waals surface area contributed by atoms with Crippen LogP contribution < -0.4 is 14.5 Å². The Hall–Kier alpha value is -3.12. The number of para-hydroxylation sites is 2. The zero-order valence-corrected chi connectivity index (χ0v) is 18.4. The number of methoxy groups -OCH3 is 1. The van der Waals surface area contributed by atoms with Crippen molar-refractivity contribution in [3.8, 4) is 5.75 Å². The number of piperazine rings is 1. The van der Waals surface area contributed by atoms with Gasteiger partial charge in [0.1, 0.15) is 17.4 Å². The van der Waals surface area contributed by atoms with E-state index in [9.17, 15) is 8.78 Å². The van der Waals surface area contributed by atoms with Crippen LogP contribution in [0.2, 0.25) is 0 Å². The summed E-state index contributed by atoms with van der Waals surface area (Å²) >= 11 is 0. The molecule has 1 saturated heterocycles. The Kier molecular flexibility index (Phi) is 7.22. The van der Waals surface area contributed by atoms with Crippen LogP contribution in [-0.4, -0.2) is 51.3 Å². The summed E-state index contributed by atoms with van der Waals surface area (Å²) in [7, 11) is 1.71. The average Bonchev–Trinajstić information content (AvgIpc) is 2.84. The van der Waals surface area contributed by atoms with Crippen molar-refractivity contribution in [1.82, 2.24) is 4.90 Å². The van der Waals surface area contributed by atoms with Crippen molar-refractivity contribution in [3.05, 3.63) is 84.4 Å². The van der Waals surface area contributed by atoms with Gasteiger partial charge in [0.15, 0.2) is 0 Å². The summed E-state index contributed by atoms with van der Waals surface area (Å²) in [6, 6.07) is 21.1. The van der Waals surface area contributed by atoms with Crippen LogP contribution in [0, 0.1) is 11.6 Å². The highest BCUT2D eigenvalue weighted by atomic mass is 19.1. The minimum absolute atomic E-state index is 0.263. The van der Waals surface area contributed by atoms with Gasteiger partial charge < -0.3 is 14.5 Å². The van der Waals surface area contributed by atoms with Gasteiger partial charge in [-0.2, -0.15) is 0 Å². The van der Waals surface area contributed by atoms with Crippen LogP contribution >= 0.6 is 0 Å². The average molecular weight is 438 g/mol. The van der Waals surface area contributed by atoms with E-state index in [0.29, 0.717) is 0 Å². The molecule has 0 saturated carbocycles. The Morgan fingerprint density at radius 2 is 1.34 bits per heavy atom. The van der Waals surface area contributed by atoms with E-state index in [1.165, 1.54) is 24.3 Å². The molecule has 3 aromatic rings. The van der Waals surface area contributed by atoms with Crippen molar-refractivity contribution in [1.29, 1.82) is 0 Å². The molecule has 0 atom stereocenters. The lowest BCUT2D eigenvalue weighted by Crippen LogP contribution is -2.47. The van der Waals surface area contributed by atoms with Gasteiger partial charge in [0.05, 0.1) is 12.8 Å². The molecular formula is C26H29F2N3O. The van der Waals surface area contributed by atoms with Gasteiger partial charge in [-0.05, 0) is 73.6 Å². The molecule has 1 heterocycles. The largest absolute Gasteiger partial charge is 0.495 e. The summed E-state index contributed by atoms with van der Waals surface area (Å²) in [6.07, 6.45) is 0.948. The SMILES string of the molecule is COc1ccccc1N1CCN(CCCN(c2ccc(F)cc2)c2ccc(F)cc2)CC1. The first-order chi connectivity index (χ1) is 15.6. The lowest BCUT2D eigenvalue weighted by atomic mass is 10.2. The monoisotopic (exact) mass is 437 g/mol. The van der Waals surface area contributed by atoms with E-state index in [0.717, 1.165) is 68.5 Å². The molecule has 4 rings (SSSR count). The van der Waals surface area contributed by atoms with Gasteiger partial charge >= 0.3 is 0 Å². The summed E-state index contributed by atoms with van der Waals surface area (Å²) < 4.78 is 32.3. The van der Waals surface area contributed by atoms with Gasteiger partial charge in [-0.25, -0.2) is 8.78 Å². The van der Waals surface area contributed by atoms with Crippen molar-refractivity contribution < 1.29 is 13.5 Å². The van der Waals surface area contributed by atoms with Crippen LogP contribution in [0.4, 0.5) is 25.8 Å². The number of rotatable bonds is 8. The Balaban J connectivity index is 1.34. The van der Waals surface area contributed by atoms with Gasteiger partial charge in [-0.1, -0.05) is 12.1 Å². The minimum Gasteiger partial charge on any atom is -0.495 e. The molecule has 0 aromatic heterocycles. The molecule has 0 radical (unpaired) electrons. The fourth-order valence-corrected chi connectivity index (χ4v) is 4.21. The van der Waals surface area contributed by atoms with Crippen molar-refractivity contribution >= 4 is 17.1 Å².